The molecular formula is C14H28NO+. The van der Waals surface area contributed by atoms with Crippen LogP contribution in [0.15, 0.2) is 12.2 Å². The van der Waals surface area contributed by atoms with Crippen molar-refractivity contribution in [2.45, 2.75) is 45.1 Å². The SMILES string of the molecule is C/C=C/CCCCCC[N+](C)(C)CC1CO1. The molecule has 1 rings (SSSR count). The second-order valence-corrected chi connectivity index (χ2v) is 5.57. The topological polar surface area (TPSA) is 12.5 Å². The molecule has 1 heterocycles. The average Bonchev–Trinajstić information content (AvgIpc) is 2.99. The Morgan fingerprint density at radius 2 is 1.88 bits per heavy atom. The highest BCUT2D eigenvalue weighted by molar-refractivity contribution is 4.76. The second kappa shape index (κ2) is 7.08. The van der Waals surface area contributed by atoms with Crippen molar-refractivity contribution in [2.75, 3.05) is 33.8 Å². The molecule has 2 heteroatoms. The molecule has 1 fully saturated rings. The van der Waals surface area contributed by atoms with Crippen LogP contribution in [0.25, 0.3) is 0 Å². The van der Waals surface area contributed by atoms with Gasteiger partial charge in [-0.2, -0.15) is 0 Å². The maximum Gasteiger partial charge on any atom is 0.130 e. The predicted molar refractivity (Wildman–Crippen MR) is 69.5 cm³/mol. The van der Waals surface area contributed by atoms with Gasteiger partial charge < -0.3 is 9.22 Å². The largest absolute Gasteiger partial charge is 0.367 e. The number of nitrogens with zero attached hydrogens (tertiary/aromatic N) is 1. The molecule has 2 nitrogen and oxygen atoms in total. The summed E-state index contributed by atoms with van der Waals surface area (Å²) in [6, 6.07) is 0. The van der Waals surface area contributed by atoms with E-state index in [1.165, 1.54) is 45.2 Å². The van der Waals surface area contributed by atoms with Crippen LogP contribution in [0, 0.1) is 0 Å². The highest BCUT2D eigenvalue weighted by Crippen LogP contribution is 2.15. The Bertz CT molecular complexity index is 207. The maximum absolute atomic E-state index is 5.29. The Balaban J connectivity index is 1.92. The molecule has 0 aromatic carbocycles. The van der Waals surface area contributed by atoms with Gasteiger partial charge in [-0.15, -0.1) is 0 Å². The van der Waals surface area contributed by atoms with E-state index in [9.17, 15) is 0 Å². The van der Waals surface area contributed by atoms with Gasteiger partial charge >= 0.3 is 0 Å². The van der Waals surface area contributed by atoms with Crippen LogP contribution in [0.2, 0.25) is 0 Å². The number of rotatable bonds is 9. The predicted octanol–water partition coefficient (Wildman–Crippen LogP) is 2.99. The molecule has 0 bridgehead atoms. The van der Waals surface area contributed by atoms with E-state index in [0.29, 0.717) is 6.10 Å². The molecule has 0 amide bonds. The summed E-state index contributed by atoms with van der Waals surface area (Å²) in [4.78, 5) is 0. The Morgan fingerprint density at radius 1 is 1.19 bits per heavy atom. The quantitative estimate of drug-likeness (QED) is 0.255. The lowest BCUT2D eigenvalue weighted by Crippen LogP contribution is -2.43. The molecular weight excluding hydrogens is 198 g/mol. The van der Waals surface area contributed by atoms with Crippen LogP contribution in [-0.2, 0) is 4.74 Å². The molecule has 0 aromatic heterocycles. The van der Waals surface area contributed by atoms with Crippen molar-refractivity contribution in [3.8, 4) is 0 Å². The smallest absolute Gasteiger partial charge is 0.130 e. The van der Waals surface area contributed by atoms with Gasteiger partial charge in [0.25, 0.3) is 0 Å². The van der Waals surface area contributed by atoms with Crippen molar-refractivity contribution in [1.82, 2.24) is 0 Å². The van der Waals surface area contributed by atoms with E-state index in [2.05, 4.69) is 33.2 Å². The van der Waals surface area contributed by atoms with Crippen molar-refractivity contribution in [3.05, 3.63) is 12.2 Å². The van der Waals surface area contributed by atoms with Gasteiger partial charge in [-0.1, -0.05) is 18.6 Å². The number of unbranched alkanes of at least 4 members (excludes halogenated alkanes) is 4. The lowest BCUT2D eigenvalue weighted by atomic mass is 10.1. The minimum atomic E-state index is 0.560. The van der Waals surface area contributed by atoms with E-state index >= 15 is 0 Å². The van der Waals surface area contributed by atoms with Gasteiger partial charge in [0.15, 0.2) is 0 Å². The molecule has 0 aliphatic carbocycles. The van der Waals surface area contributed by atoms with Crippen molar-refractivity contribution in [1.29, 1.82) is 0 Å². The van der Waals surface area contributed by atoms with Gasteiger partial charge in [0.2, 0.25) is 0 Å². The molecule has 1 unspecified atom stereocenters. The monoisotopic (exact) mass is 226 g/mol. The summed E-state index contributed by atoms with van der Waals surface area (Å²) in [6.07, 6.45) is 11.7. The number of likely N-dealkylation sites (N-methyl/N-ethyl adjacent to an activating group) is 1. The lowest BCUT2D eigenvalue weighted by molar-refractivity contribution is -0.891. The van der Waals surface area contributed by atoms with E-state index in [1.807, 2.05) is 0 Å². The summed E-state index contributed by atoms with van der Waals surface area (Å²) in [7, 11) is 4.64. The summed E-state index contributed by atoms with van der Waals surface area (Å²) in [5.74, 6) is 0. The highest BCUT2D eigenvalue weighted by atomic mass is 16.6. The molecule has 1 aliphatic heterocycles. The van der Waals surface area contributed by atoms with E-state index in [1.54, 1.807) is 0 Å². The van der Waals surface area contributed by atoms with Crippen molar-refractivity contribution >= 4 is 0 Å². The second-order valence-electron chi connectivity index (χ2n) is 5.57. The van der Waals surface area contributed by atoms with E-state index < -0.39 is 0 Å². The van der Waals surface area contributed by atoms with Gasteiger partial charge in [0.05, 0.1) is 27.2 Å². The first-order valence-corrected chi connectivity index (χ1v) is 6.69. The van der Waals surface area contributed by atoms with Crippen LogP contribution in [0.3, 0.4) is 0 Å². The molecule has 0 saturated carbocycles. The van der Waals surface area contributed by atoms with Crippen LogP contribution in [-0.4, -0.2) is 44.4 Å². The summed E-state index contributed by atoms with van der Waals surface area (Å²) in [6.45, 7) is 5.58. The third-order valence-corrected chi connectivity index (χ3v) is 3.22. The zero-order chi connectivity index (χ0) is 11.9. The standard InChI is InChI=1S/C14H28NO/c1-4-5-6-7-8-9-10-11-15(2,3)12-14-13-16-14/h4-5,14H,6-13H2,1-3H3/q+1/b5-4+. The molecule has 16 heavy (non-hydrogen) atoms. The fourth-order valence-corrected chi connectivity index (χ4v) is 2.14. The summed E-state index contributed by atoms with van der Waals surface area (Å²) < 4.78 is 6.42. The Morgan fingerprint density at radius 3 is 2.50 bits per heavy atom. The van der Waals surface area contributed by atoms with E-state index in [4.69, 9.17) is 4.74 Å². The van der Waals surface area contributed by atoms with E-state index in [0.717, 1.165) is 11.1 Å². The van der Waals surface area contributed by atoms with Crippen LogP contribution in [0.1, 0.15) is 39.0 Å². The molecule has 1 atom stereocenters. The lowest BCUT2D eigenvalue weighted by Gasteiger charge is -2.29. The van der Waals surface area contributed by atoms with Gasteiger partial charge in [0, 0.05) is 0 Å². The molecule has 0 N–H and O–H groups in total. The molecule has 0 spiro atoms. The average molecular weight is 226 g/mol. The number of quaternary nitrogens is 1. The number of allylic oxidation sites excluding steroid dienone is 2. The van der Waals surface area contributed by atoms with Crippen molar-refractivity contribution in [3.63, 3.8) is 0 Å². The number of hydrogen-bond donors (Lipinski definition) is 0. The minimum absolute atomic E-state index is 0.560. The third-order valence-electron chi connectivity index (χ3n) is 3.22. The van der Waals surface area contributed by atoms with Crippen molar-refractivity contribution in [2.24, 2.45) is 0 Å². The Hall–Kier alpha value is -0.340. The van der Waals surface area contributed by atoms with Crippen molar-refractivity contribution < 1.29 is 9.22 Å². The number of epoxide rings is 1. The van der Waals surface area contributed by atoms with Crippen LogP contribution in [0.4, 0.5) is 0 Å². The number of hydrogen-bond acceptors (Lipinski definition) is 1. The fourth-order valence-electron chi connectivity index (χ4n) is 2.14. The first-order valence-electron chi connectivity index (χ1n) is 6.69. The molecule has 94 valence electrons. The van der Waals surface area contributed by atoms with Crippen LogP contribution < -0.4 is 0 Å². The summed E-state index contributed by atoms with van der Waals surface area (Å²) >= 11 is 0. The van der Waals surface area contributed by atoms with Crippen LogP contribution in [0.5, 0.6) is 0 Å². The first kappa shape index (κ1) is 13.7. The maximum atomic E-state index is 5.29. The van der Waals surface area contributed by atoms with E-state index in [-0.39, 0.29) is 0 Å². The van der Waals surface area contributed by atoms with Gasteiger partial charge in [-0.25, -0.2) is 0 Å². The van der Waals surface area contributed by atoms with Crippen LogP contribution >= 0.6 is 0 Å². The normalized spacial score (nSPS) is 20.6. The number of ether oxygens (including phenoxy) is 1. The first-order chi connectivity index (χ1) is 7.64. The van der Waals surface area contributed by atoms with Gasteiger partial charge in [0.1, 0.15) is 12.6 Å². The molecule has 0 radical (unpaired) electrons. The third kappa shape index (κ3) is 7.02. The minimum Gasteiger partial charge on any atom is -0.367 e. The summed E-state index contributed by atoms with van der Waals surface area (Å²) in [5.41, 5.74) is 0. The molecule has 1 saturated heterocycles. The summed E-state index contributed by atoms with van der Waals surface area (Å²) in [5, 5.41) is 0. The molecule has 0 aromatic rings. The highest BCUT2D eigenvalue weighted by Gasteiger charge is 2.30. The zero-order valence-electron chi connectivity index (χ0n) is 11.2. The molecule has 1 aliphatic rings. The fraction of sp³-hybridized carbons (Fsp3) is 0.857. The van der Waals surface area contributed by atoms with Gasteiger partial charge in [-0.05, 0) is 32.6 Å². The Labute approximate surface area is 101 Å². The zero-order valence-corrected chi connectivity index (χ0v) is 11.2. The Kier molecular flexibility index (Phi) is 6.07. The van der Waals surface area contributed by atoms with Gasteiger partial charge in [-0.3, -0.25) is 0 Å².